The molecule has 0 heterocycles. The second-order valence-corrected chi connectivity index (χ2v) is 7.86. The van der Waals surface area contributed by atoms with Crippen LogP contribution in [0.25, 0.3) is 0 Å². The summed E-state index contributed by atoms with van der Waals surface area (Å²) in [5.74, 6) is -0.127. The van der Waals surface area contributed by atoms with Gasteiger partial charge in [0.1, 0.15) is 5.82 Å². The highest BCUT2D eigenvalue weighted by Crippen LogP contribution is 2.31. The maximum Gasteiger partial charge on any atom is 0.241 e. The van der Waals surface area contributed by atoms with Crippen LogP contribution in [0.2, 0.25) is 0 Å². The van der Waals surface area contributed by atoms with Crippen LogP contribution in [0, 0.1) is 18.7 Å². The van der Waals surface area contributed by atoms with Gasteiger partial charge >= 0.3 is 0 Å². The Balaban J connectivity index is 2.28. The Bertz CT molecular complexity index is 629. The Kier molecular flexibility index (Phi) is 4.70. The van der Waals surface area contributed by atoms with Gasteiger partial charge in [0.15, 0.2) is 0 Å². The molecule has 2 N–H and O–H groups in total. The maximum atomic E-state index is 14.0. The SMILES string of the molecule is Cc1c(F)cc(CNC(C)C)cc1S(=O)(=O)NC1CC1C. The van der Waals surface area contributed by atoms with Crippen LogP contribution < -0.4 is 10.0 Å². The average molecular weight is 314 g/mol. The van der Waals surface area contributed by atoms with Gasteiger partial charge in [-0.3, -0.25) is 0 Å². The molecule has 4 nitrogen and oxygen atoms in total. The number of rotatable bonds is 6. The largest absolute Gasteiger partial charge is 0.310 e. The third-order valence-electron chi connectivity index (χ3n) is 3.78. The first-order valence-electron chi connectivity index (χ1n) is 7.25. The molecule has 6 heteroatoms. The predicted octanol–water partition coefficient (Wildman–Crippen LogP) is 2.32. The van der Waals surface area contributed by atoms with Crippen LogP contribution in [0.1, 0.15) is 38.3 Å². The lowest BCUT2D eigenvalue weighted by Crippen LogP contribution is -2.28. The first-order chi connectivity index (χ1) is 9.70. The molecule has 1 saturated carbocycles. The molecule has 1 aliphatic carbocycles. The molecule has 0 bridgehead atoms. The summed E-state index contributed by atoms with van der Waals surface area (Å²) in [6.07, 6.45) is 0.843. The molecule has 0 spiro atoms. The number of nitrogens with one attached hydrogen (secondary N) is 2. The van der Waals surface area contributed by atoms with E-state index in [1.54, 1.807) is 6.07 Å². The number of benzene rings is 1. The Hall–Kier alpha value is -0.980. The molecule has 0 aliphatic heterocycles. The maximum absolute atomic E-state index is 14.0. The van der Waals surface area contributed by atoms with Crippen molar-refractivity contribution < 1.29 is 12.8 Å². The van der Waals surface area contributed by atoms with Gasteiger partial charge in [0.2, 0.25) is 10.0 Å². The summed E-state index contributed by atoms with van der Waals surface area (Å²) in [4.78, 5) is 0.0437. The summed E-state index contributed by atoms with van der Waals surface area (Å²) >= 11 is 0. The molecule has 0 amide bonds. The van der Waals surface area contributed by atoms with E-state index in [0.717, 1.165) is 6.42 Å². The molecule has 1 aromatic carbocycles. The van der Waals surface area contributed by atoms with E-state index in [9.17, 15) is 12.8 Å². The Morgan fingerprint density at radius 2 is 2.00 bits per heavy atom. The standard InChI is InChI=1S/C15H23FN2O2S/c1-9(2)17-8-12-6-13(16)11(4)15(7-12)21(19,20)18-14-5-10(14)3/h6-7,9-10,14,17-18H,5,8H2,1-4H3. The van der Waals surface area contributed by atoms with E-state index in [1.165, 1.54) is 13.0 Å². The molecular formula is C15H23FN2O2S. The smallest absolute Gasteiger partial charge is 0.241 e. The number of sulfonamides is 1. The van der Waals surface area contributed by atoms with Crippen LogP contribution in [0.4, 0.5) is 4.39 Å². The summed E-state index contributed by atoms with van der Waals surface area (Å²) in [6.45, 7) is 7.90. The van der Waals surface area contributed by atoms with E-state index in [4.69, 9.17) is 0 Å². The summed E-state index contributed by atoms with van der Waals surface area (Å²) in [6, 6.07) is 3.18. The lowest BCUT2D eigenvalue weighted by atomic mass is 10.1. The van der Waals surface area contributed by atoms with Crippen molar-refractivity contribution in [3.05, 3.63) is 29.1 Å². The molecular weight excluding hydrogens is 291 g/mol. The number of hydrogen-bond donors (Lipinski definition) is 2. The lowest BCUT2D eigenvalue weighted by molar-refractivity contribution is 0.564. The fourth-order valence-electron chi connectivity index (χ4n) is 2.16. The third-order valence-corrected chi connectivity index (χ3v) is 5.39. The first-order valence-corrected chi connectivity index (χ1v) is 8.73. The van der Waals surface area contributed by atoms with Crippen LogP contribution in [-0.2, 0) is 16.6 Å². The van der Waals surface area contributed by atoms with Crippen LogP contribution in [0.3, 0.4) is 0 Å². The monoisotopic (exact) mass is 314 g/mol. The number of halogens is 1. The zero-order valence-electron chi connectivity index (χ0n) is 12.9. The second kappa shape index (κ2) is 6.02. The van der Waals surface area contributed by atoms with E-state index >= 15 is 0 Å². The summed E-state index contributed by atoms with van der Waals surface area (Å²) in [7, 11) is -3.66. The summed E-state index contributed by atoms with van der Waals surface area (Å²) in [5, 5.41) is 3.17. The lowest BCUT2D eigenvalue weighted by Gasteiger charge is -2.13. The van der Waals surface area contributed by atoms with E-state index in [0.29, 0.717) is 18.0 Å². The van der Waals surface area contributed by atoms with Gasteiger partial charge in [0.25, 0.3) is 0 Å². The fraction of sp³-hybridized carbons (Fsp3) is 0.600. The summed E-state index contributed by atoms with van der Waals surface area (Å²) in [5.41, 5.74) is 0.806. The minimum atomic E-state index is -3.66. The Morgan fingerprint density at radius 3 is 2.52 bits per heavy atom. The zero-order valence-corrected chi connectivity index (χ0v) is 13.7. The molecule has 2 unspecified atom stereocenters. The van der Waals surface area contributed by atoms with Gasteiger partial charge in [-0.1, -0.05) is 20.8 Å². The van der Waals surface area contributed by atoms with Gasteiger partial charge in [-0.25, -0.2) is 17.5 Å². The highest BCUT2D eigenvalue weighted by Gasteiger charge is 2.37. The third kappa shape index (κ3) is 4.02. The van der Waals surface area contributed by atoms with Crippen molar-refractivity contribution in [3.63, 3.8) is 0 Å². The zero-order chi connectivity index (χ0) is 15.8. The van der Waals surface area contributed by atoms with Crippen LogP contribution in [0.15, 0.2) is 17.0 Å². The highest BCUT2D eigenvalue weighted by atomic mass is 32.2. The van der Waals surface area contributed by atoms with Crippen LogP contribution in [0.5, 0.6) is 0 Å². The quantitative estimate of drug-likeness (QED) is 0.847. The van der Waals surface area contributed by atoms with E-state index in [-0.39, 0.29) is 22.5 Å². The Morgan fingerprint density at radius 1 is 1.38 bits per heavy atom. The van der Waals surface area contributed by atoms with E-state index in [1.807, 2.05) is 20.8 Å². The van der Waals surface area contributed by atoms with Crippen molar-refractivity contribution in [2.24, 2.45) is 5.92 Å². The minimum absolute atomic E-state index is 0.0186. The molecule has 2 atom stereocenters. The normalized spacial score (nSPS) is 21.8. The van der Waals surface area contributed by atoms with Crippen molar-refractivity contribution in [3.8, 4) is 0 Å². The van der Waals surface area contributed by atoms with E-state index < -0.39 is 15.8 Å². The van der Waals surface area contributed by atoms with Crippen LogP contribution >= 0.6 is 0 Å². The predicted molar refractivity (Wildman–Crippen MR) is 81.0 cm³/mol. The van der Waals surface area contributed by atoms with Gasteiger partial charge in [0, 0.05) is 24.2 Å². The molecule has 0 aromatic heterocycles. The van der Waals surface area contributed by atoms with Crippen molar-refractivity contribution in [2.45, 2.75) is 57.6 Å². The van der Waals surface area contributed by atoms with Gasteiger partial charge in [0.05, 0.1) is 4.90 Å². The topological polar surface area (TPSA) is 58.2 Å². The minimum Gasteiger partial charge on any atom is -0.310 e. The Labute approximate surface area is 126 Å². The molecule has 118 valence electrons. The van der Waals surface area contributed by atoms with Gasteiger partial charge in [-0.2, -0.15) is 0 Å². The highest BCUT2D eigenvalue weighted by molar-refractivity contribution is 7.89. The molecule has 1 aromatic rings. The van der Waals surface area contributed by atoms with Gasteiger partial charge < -0.3 is 5.32 Å². The first kappa shape index (κ1) is 16.4. The molecule has 1 aliphatic rings. The van der Waals surface area contributed by atoms with Crippen molar-refractivity contribution >= 4 is 10.0 Å². The fourth-order valence-corrected chi connectivity index (χ4v) is 3.82. The van der Waals surface area contributed by atoms with Crippen molar-refractivity contribution in [2.75, 3.05) is 0 Å². The molecule has 0 radical (unpaired) electrons. The van der Waals surface area contributed by atoms with E-state index in [2.05, 4.69) is 10.0 Å². The number of hydrogen-bond acceptors (Lipinski definition) is 3. The summed E-state index contributed by atoms with van der Waals surface area (Å²) < 4.78 is 41.4. The molecule has 21 heavy (non-hydrogen) atoms. The molecule has 0 saturated heterocycles. The van der Waals surface area contributed by atoms with Crippen molar-refractivity contribution in [1.82, 2.24) is 10.0 Å². The second-order valence-electron chi connectivity index (χ2n) is 6.18. The average Bonchev–Trinajstić information content (AvgIpc) is 3.04. The molecule has 1 fully saturated rings. The van der Waals surface area contributed by atoms with Gasteiger partial charge in [-0.15, -0.1) is 0 Å². The molecule has 2 rings (SSSR count). The van der Waals surface area contributed by atoms with Gasteiger partial charge in [-0.05, 0) is 37.0 Å². The van der Waals surface area contributed by atoms with Crippen LogP contribution in [-0.4, -0.2) is 20.5 Å². The van der Waals surface area contributed by atoms with Crippen molar-refractivity contribution in [1.29, 1.82) is 0 Å².